The first-order chi connectivity index (χ1) is 7.31. The van der Waals surface area contributed by atoms with Gasteiger partial charge >= 0.3 is 0 Å². The van der Waals surface area contributed by atoms with Crippen molar-refractivity contribution in [2.75, 3.05) is 0 Å². The summed E-state index contributed by atoms with van der Waals surface area (Å²) in [5, 5.41) is 0. The molecule has 0 nitrogen and oxygen atoms in total. The quantitative estimate of drug-likeness (QED) is 0.711. The van der Waals surface area contributed by atoms with Crippen LogP contribution in [0.15, 0.2) is 53.4 Å². The fraction of sp³-hybridized carbons (Fsp3) is 0.143. The molecule has 0 heterocycles. The smallest absolute Gasteiger partial charge is 0.00723 e. The van der Waals surface area contributed by atoms with Crippen LogP contribution in [-0.2, 0) is 6.42 Å². The molecule has 0 aliphatic heterocycles. The Hall–Kier alpha value is -1.21. The van der Waals surface area contributed by atoms with Crippen molar-refractivity contribution in [3.8, 4) is 11.1 Å². The lowest BCUT2D eigenvalue weighted by atomic mass is 10.0. The summed E-state index contributed by atoms with van der Waals surface area (Å²) in [6.07, 6.45) is 1.03. The highest BCUT2D eigenvalue weighted by molar-refractivity contribution is 7.80. The fourth-order valence-electron chi connectivity index (χ4n) is 1.68. The molecule has 2 rings (SSSR count). The minimum absolute atomic E-state index is 1.03. The lowest BCUT2D eigenvalue weighted by Gasteiger charge is -2.06. The molecule has 76 valence electrons. The SMILES string of the molecule is CCc1cc(-c2ccccc2)ccc1S. The van der Waals surface area contributed by atoms with E-state index >= 15 is 0 Å². The summed E-state index contributed by atoms with van der Waals surface area (Å²) >= 11 is 4.44. The summed E-state index contributed by atoms with van der Waals surface area (Å²) in [4.78, 5) is 1.08. The molecule has 0 N–H and O–H groups in total. The van der Waals surface area contributed by atoms with Gasteiger partial charge in [0.25, 0.3) is 0 Å². The van der Waals surface area contributed by atoms with Gasteiger partial charge in [0.05, 0.1) is 0 Å². The van der Waals surface area contributed by atoms with E-state index in [1.54, 1.807) is 0 Å². The number of aryl methyl sites for hydroxylation is 1. The summed E-state index contributed by atoms with van der Waals surface area (Å²) in [7, 11) is 0. The van der Waals surface area contributed by atoms with E-state index in [4.69, 9.17) is 0 Å². The molecule has 0 bridgehead atoms. The number of hydrogen-bond donors (Lipinski definition) is 1. The summed E-state index contributed by atoms with van der Waals surface area (Å²) in [5.41, 5.74) is 3.84. The maximum absolute atomic E-state index is 4.44. The highest BCUT2D eigenvalue weighted by Crippen LogP contribution is 2.24. The molecule has 0 unspecified atom stereocenters. The van der Waals surface area contributed by atoms with Gasteiger partial charge in [-0.15, -0.1) is 12.6 Å². The van der Waals surface area contributed by atoms with Gasteiger partial charge in [-0.1, -0.05) is 49.4 Å². The van der Waals surface area contributed by atoms with Crippen molar-refractivity contribution in [3.63, 3.8) is 0 Å². The van der Waals surface area contributed by atoms with Crippen LogP contribution in [0.2, 0.25) is 0 Å². The Morgan fingerprint density at radius 1 is 0.933 bits per heavy atom. The molecule has 0 atom stereocenters. The lowest BCUT2D eigenvalue weighted by Crippen LogP contribution is -1.85. The van der Waals surface area contributed by atoms with Crippen molar-refractivity contribution in [3.05, 3.63) is 54.1 Å². The van der Waals surface area contributed by atoms with E-state index in [9.17, 15) is 0 Å². The molecule has 1 heteroatoms. The van der Waals surface area contributed by atoms with Crippen LogP contribution < -0.4 is 0 Å². The molecule has 0 fully saturated rings. The Morgan fingerprint density at radius 3 is 2.33 bits per heavy atom. The van der Waals surface area contributed by atoms with E-state index in [1.165, 1.54) is 16.7 Å². The van der Waals surface area contributed by atoms with Crippen LogP contribution in [0.5, 0.6) is 0 Å². The van der Waals surface area contributed by atoms with Crippen LogP contribution in [0.4, 0.5) is 0 Å². The molecular formula is C14H14S. The summed E-state index contributed by atoms with van der Waals surface area (Å²) in [5.74, 6) is 0. The van der Waals surface area contributed by atoms with Crippen molar-refractivity contribution in [1.82, 2.24) is 0 Å². The number of thiol groups is 1. The summed E-state index contributed by atoms with van der Waals surface area (Å²) < 4.78 is 0. The van der Waals surface area contributed by atoms with Crippen LogP contribution >= 0.6 is 12.6 Å². The molecule has 0 aromatic heterocycles. The Morgan fingerprint density at radius 2 is 1.67 bits per heavy atom. The zero-order valence-electron chi connectivity index (χ0n) is 8.77. The van der Waals surface area contributed by atoms with Gasteiger partial charge in [0.1, 0.15) is 0 Å². The van der Waals surface area contributed by atoms with Gasteiger partial charge < -0.3 is 0 Å². The standard InChI is InChI=1S/C14H14S/c1-2-11-10-13(8-9-14(11)15)12-6-4-3-5-7-12/h3-10,15H,2H2,1H3. The average molecular weight is 214 g/mol. The first kappa shape index (κ1) is 10.3. The van der Waals surface area contributed by atoms with Gasteiger partial charge in [-0.25, -0.2) is 0 Å². The molecule has 0 saturated heterocycles. The third-order valence-electron chi connectivity index (χ3n) is 2.57. The van der Waals surface area contributed by atoms with Crippen LogP contribution in [0.3, 0.4) is 0 Å². The van der Waals surface area contributed by atoms with Gasteiger partial charge in [-0.3, -0.25) is 0 Å². The molecular weight excluding hydrogens is 200 g/mol. The molecule has 0 aliphatic carbocycles. The second-order valence-electron chi connectivity index (χ2n) is 3.56. The Labute approximate surface area is 96.4 Å². The second kappa shape index (κ2) is 4.54. The average Bonchev–Trinajstić information content (AvgIpc) is 2.31. The van der Waals surface area contributed by atoms with Crippen molar-refractivity contribution < 1.29 is 0 Å². The Bertz CT molecular complexity index is 446. The minimum Gasteiger partial charge on any atom is -0.143 e. The normalized spacial score (nSPS) is 10.3. The van der Waals surface area contributed by atoms with E-state index in [1.807, 2.05) is 6.07 Å². The summed E-state index contributed by atoms with van der Waals surface area (Å²) in [6.45, 7) is 2.16. The Balaban J connectivity index is 2.46. The first-order valence-electron chi connectivity index (χ1n) is 5.18. The van der Waals surface area contributed by atoms with Crippen molar-refractivity contribution >= 4 is 12.6 Å². The Kier molecular flexibility index (Phi) is 3.12. The maximum atomic E-state index is 4.44. The third kappa shape index (κ3) is 2.24. The van der Waals surface area contributed by atoms with E-state index in [-0.39, 0.29) is 0 Å². The largest absolute Gasteiger partial charge is 0.143 e. The molecule has 2 aromatic carbocycles. The monoisotopic (exact) mass is 214 g/mol. The highest BCUT2D eigenvalue weighted by atomic mass is 32.1. The van der Waals surface area contributed by atoms with E-state index in [0.29, 0.717) is 0 Å². The maximum Gasteiger partial charge on any atom is 0.00723 e. The van der Waals surface area contributed by atoms with E-state index < -0.39 is 0 Å². The zero-order chi connectivity index (χ0) is 10.7. The van der Waals surface area contributed by atoms with Gasteiger partial charge in [-0.2, -0.15) is 0 Å². The first-order valence-corrected chi connectivity index (χ1v) is 5.63. The van der Waals surface area contributed by atoms with Crippen molar-refractivity contribution in [2.45, 2.75) is 18.2 Å². The second-order valence-corrected chi connectivity index (χ2v) is 4.04. The third-order valence-corrected chi connectivity index (χ3v) is 3.00. The van der Waals surface area contributed by atoms with E-state index in [0.717, 1.165) is 11.3 Å². The topological polar surface area (TPSA) is 0 Å². The molecule has 15 heavy (non-hydrogen) atoms. The van der Waals surface area contributed by atoms with Crippen LogP contribution in [-0.4, -0.2) is 0 Å². The zero-order valence-corrected chi connectivity index (χ0v) is 9.67. The lowest BCUT2D eigenvalue weighted by molar-refractivity contribution is 1.09. The summed E-state index contributed by atoms with van der Waals surface area (Å²) in [6, 6.07) is 16.8. The van der Waals surface area contributed by atoms with Gasteiger partial charge in [0.2, 0.25) is 0 Å². The molecule has 0 radical (unpaired) electrons. The molecule has 2 aromatic rings. The molecule has 0 spiro atoms. The fourth-order valence-corrected chi connectivity index (χ4v) is 1.98. The number of hydrogen-bond acceptors (Lipinski definition) is 1. The number of rotatable bonds is 2. The molecule has 0 amide bonds. The van der Waals surface area contributed by atoms with Gasteiger partial charge in [0.15, 0.2) is 0 Å². The van der Waals surface area contributed by atoms with Gasteiger partial charge in [-0.05, 0) is 29.2 Å². The van der Waals surface area contributed by atoms with Crippen molar-refractivity contribution in [2.24, 2.45) is 0 Å². The predicted octanol–water partition coefficient (Wildman–Crippen LogP) is 4.20. The van der Waals surface area contributed by atoms with Crippen LogP contribution in [0.1, 0.15) is 12.5 Å². The van der Waals surface area contributed by atoms with E-state index in [2.05, 4.69) is 62.0 Å². The minimum atomic E-state index is 1.03. The van der Waals surface area contributed by atoms with Crippen LogP contribution in [0, 0.1) is 0 Å². The van der Waals surface area contributed by atoms with Gasteiger partial charge in [0, 0.05) is 4.90 Å². The van der Waals surface area contributed by atoms with Crippen molar-refractivity contribution in [1.29, 1.82) is 0 Å². The van der Waals surface area contributed by atoms with Crippen LogP contribution in [0.25, 0.3) is 11.1 Å². The number of benzene rings is 2. The molecule has 0 saturated carbocycles. The highest BCUT2D eigenvalue weighted by Gasteiger charge is 2.00. The molecule has 0 aliphatic rings. The predicted molar refractivity (Wildman–Crippen MR) is 68.5 cm³/mol.